The van der Waals surface area contributed by atoms with E-state index in [9.17, 15) is 24.0 Å². The van der Waals surface area contributed by atoms with Crippen LogP contribution in [0.4, 0.5) is 10.6 Å². The largest absolute Gasteiger partial charge is 0.368 e. The van der Waals surface area contributed by atoms with Gasteiger partial charge in [0.1, 0.15) is 11.8 Å². The second-order valence-corrected chi connectivity index (χ2v) is 13.5. The van der Waals surface area contributed by atoms with E-state index in [-0.39, 0.29) is 35.0 Å². The zero-order chi connectivity index (χ0) is 36.4. The van der Waals surface area contributed by atoms with E-state index in [0.29, 0.717) is 43.4 Å². The molecule has 0 bridgehead atoms. The van der Waals surface area contributed by atoms with Crippen LogP contribution in [0.3, 0.4) is 0 Å². The maximum Gasteiger partial charge on any atom is 0.335 e. The molecule has 0 aromatic carbocycles. The summed E-state index contributed by atoms with van der Waals surface area (Å²) < 4.78 is 1.60. The summed E-state index contributed by atoms with van der Waals surface area (Å²) in [5.41, 5.74) is 8.29. The van der Waals surface area contributed by atoms with Gasteiger partial charge in [-0.3, -0.25) is 23.9 Å². The number of hydrogen-bond donors (Lipinski definition) is 6. The molecule has 7 N–H and O–H groups in total. The number of amides is 6. The number of hydrogen-bond acceptors (Lipinski definition) is 7. The predicted octanol–water partition coefficient (Wildman–Crippen LogP) is 4.12. The van der Waals surface area contributed by atoms with Gasteiger partial charge in [0.05, 0.1) is 0 Å². The molecular formula is C35H61N9O5. The van der Waals surface area contributed by atoms with E-state index in [1.54, 1.807) is 30.9 Å². The molecule has 14 heteroatoms. The SMILES string of the molecule is CC.CCC(=O)NC(CC1(C)CCCC1)C(N)=O.CCNC(=O)C1CCC(CNC(=O)N/N=C(\C(=O)Nc2ccn(C)n2)C2CCC2)CC1. The standard InChI is InChI=1S/C21H33N7O3.C12H22N2O2.C2H6/c1-3-22-19(29)16-9-7-14(8-10-16)13-23-21(31)26-25-18(15-5-4-6-15)20(30)24-17-11-12-28(2)27-17;1-3-10(15)14-9(11(13)16)8-12(2)6-4-5-7-12;1-2/h11-12,14-16H,3-10,13H2,1-2H3,(H,22,29)(H2,23,26,31)(H,24,27,30);9H,3-8H2,1-2H3,(H2,13,16)(H,14,15);1-2H3/b25-18-;;. The van der Waals surface area contributed by atoms with Crippen LogP contribution >= 0.6 is 0 Å². The molecule has 1 heterocycles. The Hall–Kier alpha value is -3.97. The molecule has 3 aliphatic rings. The smallest absolute Gasteiger partial charge is 0.335 e. The van der Waals surface area contributed by atoms with Crippen LogP contribution in [0, 0.1) is 23.2 Å². The van der Waals surface area contributed by atoms with Gasteiger partial charge in [-0.2, -0.15) is 10.2 Å². The highest BCUT2D eigenvalue weighted by molar-refractivity contribution is 6.43. The molecule has 1 atom stereocenters. The number of carbonyl (C=O) groups excluding carboxylic acids is 5. The Bertz CT molecular complexity index is 1250. The van der Waals surface area contributed by atoms with Crippen LogP contribution in [-0.4, -0.2) is 64.3 Å². The van der Waals surface area contributed by atoms with E-state index in [1.807, 2.05) is 20.8 Å². The zero-order valence-electron chi connectivity index (χ0n) is 30.5. The fourth-order valence-electron chi connectivity index (χ4n) is 6.45. The van der Waals surface area contributed by atoms with Crippen LogP contribution in [0.5, 0.6) is 0 Å². The Morgan fingerprint density at radius 3 is 2.14 bits per heavy atom. The third-order valence-corrected chi connectivity index (χ3v) is 9.58. The number of urea groups is 1. The molecule has 6 amide bonds. The van der Waals surface area contributed by atoms with E-state index in [0.717, 1.165) is 57.8 Å². The second-order valence-electron chi connectivity index (χ2n) is 13.5. The number of rotatable bonds is 13. The van der Waals surface area contributed by atoms with Crippen LogP contribution in [0.25, 0.3) is 0 Å². The third-order valence-electron chi connectivity index (χ3n) is 9.58. The van der Waals surface area contributed by atoms with Crippen molar-refractivity contribution >= 4 is 41.2 Å². The van der Waals surface area contributed by atoms with Crippen molar-refractivity contribution in [1.82, 2.24) is 31.2 Å². The lowest BCUT2D eigenvalue weighted by Crippen LogP contribution is -2.46. The van der Waals surface area contributed by atoms with Gasteiger partial charge in [0.25, 0.3) is 5.91 Å². The summed E-state index contributed by atoms with van der Waals surface area (Å²) in [5, 5.41) is 19.4. The molecule has 0 radical (unpaired) electrons. The number of aromatic nitrogens is 2. The summed E-state index contributed by atoms with van der Waals surface area (Å²) in [4.78, 5) is 59.3. The molecule has 0 aliphatic heterocycles. The molecule has 4 rings (SSSR count). The number of carbonyl (C=O) groups is 5. The van der Waals surface area contributed by atoms with E-state index in [1.165, 1.54) is 12.8 Å². The van der Waals surface area contributed by atoms with Crippen molar-refractivity contribution in [1.29, 1.82) is 0 Å². The summed E-state index contributed by atoms with van der Waals surface area (Å²) in [7, 11) is 1.77. The minimum atomic E-state index is -0.504. The van der Waals surface area contributed by atoms with Gasteiger partial charge >= 0.3 is 6.03 Å². The Labute approximate surface area is 291 Å². The van der Waals surface area contributed by atoms with Gasteiger partial charge in [0, 0.05) is 50.7 Å². The molecule has 49 heavy (non-hydrogen) atoms. The minimum absolute atomic E-state index is 0.0496. The highest BCUT2D eigenvalue weighted by atomic mass is 16.2. The normalized spacial score (nSPS) is 20.5. The Morgan fingerprint density at radius 2 is 1.63 bits per heavy atom. The molecule has 1 aromatic rings. The Balaban J connectivity index is 0.000000390. The topological polar surface area (TPSA) is 202 Å². The number of anilines is 1. The van der Waals surface area contributed by atoms with Crippen molar-refractivity contribution in [2.24, 2.45) is 41.1 Å². The summed E-state index contributed by atoms with van der Waals surface area (Å²) in [6, 6.07) is 0.778. The van der Waals surface area contributed by atoms with Crippen molar-refractivity contribution in [3.63, 3.8) is 0 Å². The second kappa shape index (κ2) is 21.2. The van der Waals surface area contributed by atoms with Crippen LogP contribution in [0.15, 0.2) is 17.4 Å². The molecule has 3 saturated carbocycles. The number of nitrogens with zero attached hydrogens (tertiary/aromatic N) is 3. The predicted molar refractivity (Wildman–Crippen MR) is 191 cm³/mol. The van der Waals surface area contributed by atoms with Crippen LogP contribution in [-0.2, 0) is 26.2 Å². The highest BCUT2D eigenvalue weighted by Crippen LogP contribution is 2.41. The number of nitrogens with one attached hydrogen (secondary N) is 5. The Morgan fingerprint density at radius 1 is 0.980 bits per heavy atom. The maximum atomic E-state index is 12.6. The van der Waals surface area contributed by atoms with Gasteiger partial charge < -0.3 is 27.0 Å². The molecule has 276 valence electrons. The van der Waals surface area contributed by atoms with E-state index in [4.69, 9.17) is 5.73 Å². The van der Waals surface area contributed by atoms with E-state index in [2.05, 4.69) is 43.8 Å². The molecule has 3 fully saturated rings. The molecule has 1 aromatic heterocycles. The lowest BCUT2D eigenvalue weighted by atomic mass is 9.81. The number of primary amides is 1. The fourth-order valence-corrected chi connectivity index (χ4v) is 6.45. The summed E-state index contributed by atoms with van der Waals surface area (Å²) in [6.45, 7) is 11.1. The van der Waals surface area contributed by atoms with Crippen molar-refractivity contribution in [2.75, 3.05) is 18.4 Å². The van der Waals surface area contributed by atoms with Gasteiger partial charge in [-0.25, -0.2) is 10.2 Å². The average Bonchev–Trinajstić information content (AvgIpc) is 3.69. The number of hydrazone groups is 1. The first-order valence-electron chi connectivity index (χ1n) is 18.2. The zero-order valence-corrected chi connectivity index (χ0v) is 30.5. The van der Waals surface area contributed by atoms with Gasteiger partial charge in [0.15, 0.2) is 5.82 Å². The van der Waals surface area contributed by atoms with Gasteiger partial charge in [0.2, 0.25) is 17.7 Å². The van der Waals surface area contributed by atoms with Gasteiger partial charge in [-0.1, -0.05) is 47.0 Å². The number of nitrogens with two attached hydrogens (primary N) is 1. The molecule has 1 unspecified atom stereocenters. The van der Waals surface area contributed by atoms with E-state index < -0.39 is 18.0 Å². The molecular weight excluding hydrogens is 626 g/mol. The summed E-state index contributed by atoms with van der Waals surface area (Å²) in [6.07, 6.45) is 13.8. The van der Waals surface area contributed by atoms with Crippen molar-refractivity contribution in [3.05, 3.63) is 12.3 Å². The first kappa shape index (κ1) is 41.2. The van der Waals surface area contributed by atoms with Gasteiger partial charge in [-0.15, -0.1) is 0 Å². The first-order chi connectivity index (χ1) is 23.4. The Kier molecular flexibility index (Phi) is 17.8. The number of aryl methyl sites for hydroxylation is 1. The van der Waals surface area contributed by atoms with Crippen LogP contribution < -0.4 is 32.4 Å². The van der Waals surface area contributed by atoms with Crippen molar-refractivity contribution in [2.45, 2.75) is 124 Å². The van der Waals surface area contributed by atoms with Crippen molar-refractivity contribution in [3.8, 4) is 0 Å². The van der Waals surface area contributed by atoms with Crippen LogP contribution in [0.1, 0.15) is 118 Å². The third kappa shape index (κ3) is 14.2. The van der Waals surface area contributed by atoms with Crippen LogP contribution in [0.2, 0.25) is 0 Å². The lowest BCUT2D eigenvalue weighted by Gasteiger charge is -2.28. The highest BCUT2D eigenvalue weighted by Gasteiger charge is 2.34. The molecule has 3 aliphatic carbocycles. The summed E-state index contributed by atoms with van der Waals surface area (Å²) in [5.74, 6) is 0.193. The summed E-state index contributed by atoms with van der Waals surface area (Å²) >= 11 is 0. The van der Waals surface area contributed by atoms with Crippen molar-refractivity contribution < 1.29 is 24.0 Å². The minimum Gasteiger partial charge on any atom is -0.368 e. The molecule has 0 saturated heterocycles. The average molecular weight is 688 g/mol. The maximum absolute atomic E-state index is 12.6. The van der Waals surface area contributed by atoms with Gasteiger partial charge in [-0.05, 0) is 76.0 Å². The quantitative estimate of drug-likeness (QED) is 0.133. The monoisotopic (exact) mass is 687 g/mol. The fraction of sp³-hybridized carbons (Fsp3) is 0.743. The molecule has 0 spiro atoms. The first-order valence-corrected chi connectivity index (χ1v) is 18.2. The van der Waals surface area contributed by atoms with E-state index >= 15 is 0 Å². The lowest BCUT2D eigenvalue weighted by molar-refractivity contribution is -0.127. The molecule has 14 nitrogen and oxygen atoms in total.